The smallest absolute Gasteiger partial charge is 0.310 e. The lowest BCUT2D eigenvalue weighted by Crippen LogP contribution is -2.37. The van der Waals surface area contributed by atoms with Crippen LogP contribution in [0.5, 0.6) is 11.5 Å². The number of carbonyl (C=O) groups excluding carboxylic acids is 2. The molecular formula is C22H27NO5. The van der Waals surface area contributed by atoms with E-state index in [0.717, 1.165) is 16.9 Å². The zero-order chi connectivity index (χ0) is 20.4. The van der Waals surface area contributed by atoms with Crippen LogP contribution in [0.15, 0.2) is 48.5 Å². The molecule has 0 radical (unpaired) electrons. The minimum atomic E-state index is -0.845. The van der Waals surface area contributed by atoms with Crippen molar-refractivity contribution in [1.29, 1.82) is 0 Å². The van der Waals surface area contributed by atoms with E-state index in [1.807, 2.05) is 55.5 Å². The van der Waals surface area contributed by atoms with Crippen molar-refractivity contribution in [2.24, 2.45) is 0 Å². The van der Waals surface area contributed by atoms with E-state index in [1.165, 1.54) is 0 Å². The summed E-state index contributed by atoms with van der Waals surface area (Å²) in [6, 6.07) is 15.2. The van der Waals surface area contributed by atoms with Crippen molar-refractivity contribution >= 4 is 11.9 Å². The van der Waals surface area contributed by atoms with Gasteiger partial charge in [-0.25, -0.2) is 0 Å². The number of methoxy groups -OCH3 is 1. The fourth-order valence-corrected chi connectivity index (χ4v) is 2.46. The molecule has 1 unspecified atom stereocenters. The van der Waals surface area contributed by atoms with E-state index in [0.29, 0.717) is 18.7 Å². The highest BCUT2D eigenvalue weighted by molar-refractivity contribution is 5.83. The van der Waals surface area contributed by atoms with Gasteiger partial charge >= 0.3 is 5.97 Å². The van der Waals surface area contributed by atoms with E-state index < -0.39 is 12.1 Å². The van der Waals surface area contributed by atoms with Gasteiger partial charge in [0.2, 0.25) is 0 Å². The fourth-order valence-electron chi connectivity index (χ4n) is 2.46. The zero-order valence-corrected chi connectivity index (χ0v) is 16.6. The summed E-state index contributed by atoms with van der Waals surface area (Å²) >= 11 is 0. The Morgan fingerprint density at radius 2 is 1.64 bits per heavy atom. The van der Waals surface area contributed by atoms with E-state index in [1.54, 1.807) is 14.0 Å². The van der Waals surface area contributed by atoms with E-state index in [-0.39, 0.29) is 18.9 Å². The Bertz CT molecular complexity index is 756. The second-order valence-electron chi connectivity index (χ2n) is 6.43. The van der Waals surface area contributed by atoms with Gasteiger partial charge in [-0.3, -0.25) is 9.59 Å². The summed E-state index contributed by atoms with van der Waals surface area (Å²) in [6.07, 6.45) is -0.0826. The van der Waals surface area contributed by atoms with Gasteiger partial charge in [0.05, 0.1) is 20.1 Å². The van der Waals surface area contributed by atoms with Crippen molar-refractivity contribution in [3.8, 4) is 11.5 Å². The van der Waals surface area contributed by atoms with Crippen LogP contribution in [0, 0.1) is 6.92 Å². The second kappa shape index (κ2) is 11.0. The van der Waals surface area contributed by atoms with Crippen LogP contribution >= 0.6 is 0 Å². The molecule has 2 aromatic carbocycles. The van der Waals surface area contributed by atoms with Crippen molar-refractivity contribution in [2.75, 3.05) is 20.3 Å². The van der Waals surface area contributed by atoms with E-state index in [4.69, 9.17) is 14.2 Å². The number of carbonyl (C=O) groups is 2. The topological polar surface area (TPSA) is 73.9 Å². The van der Waals surface area contributed by atoms with Gasteiger partial charge < -0.3 is 19.5 Å². The summed E-state index contributed by atoms with van der Waals surface area (Å²) in [4.78, 5) is 23.9. The standard InChI is InChI=1S/C22H27NO5/c1-16-4-8-20(9-5-16)27-15-13-21(24)28-17(2)22(25)23-14-12-18-6-10-19(26-3)11-7-18/h4-11,17H,12-15H2,1-3H3,(H,23,25). The Labute approximate surface area is 165 Å². The van der Waals surface area contributed by atoms with Crippen LogP contribution in [0.3, 0.4) is 0 Å². The minimum Gasteiger partial charge on any atom is -0.497 e. The van der Waals surface area contributed by atoms with Gasteiger partial charge in [0.15, 0.2) is 6.10 Å². The molecule has 0 aromatic heterocycles. The summed E-state index contributed by atoms with van der Waals surface area (Å²) in [5.74, 6) is 0.702. The van der Waals surface area contributed by atoms with Gasteiger partial charge in [-0.2, -0.15) is 0 Å². The van der Waals surface area contributed by atoms with E-state index >= 15 is 0 Å². The molecule has 0 bridgehead atoms. The third-order valence-corrected chi connectivity index (χ3v) is 4.15. The van der Waals surface area contributed by atoms with E-state index in [9.17, 15) is 9.59 Å². The molecule has 0 fully saturated rings. The Kier molecular flexibility index (Phi) is 8.34. The molecule has 2 aromatic rings. The van der Waals surface area contributed by atoms with Gasteiger partial charge in [-0.1, -0.05) is 29.8 Å². The summed E-state index contributed by atoms with van der Waals surface area (Å²) in [5.41, 5.74) is 2.22. The number of nitrogens with one attached hydrogen (secondary N) is 1. The van der Waals surface area contributed by atoms with Gasteiger partial charge in [0.25, 0.3) is 5.91 Å². The Morgan fingerprint density at radius 3 is 2.29 bits per heavy atom. The molecule has 0 heterocycles. The predicted octanol–water partition coefficient (Wildman–Crippen LogP) is 3.06. The van der Waals surface area contributed by atoms with Crippen molar-refractivity contribution in [1.82, 2.24) is 5.32 Å². The summed E-state index contributed by atoms with van der Waals surface area (Å²) in [6.45, 7) is 4.21. The van der Waals surface area contributed by atoms with Gasteiger partial charge in [0, 0.05) is 6.54 Å². The average Bonchev–Trinajstić information content (AvgIpc) is 2.70. The largest absolute Gasteiger partial charge is 0.497 e. The quantitative estimate of drug-likeness (QED) is 0.637. The highest BCUT2D eigenvalue weighted by Gasteiger charge is 2.17. The predicted molar refractivity (Wildman–Crippen MR) is 107 cm³/mol. The molecule has 1 amide bonds. The number of aryl methyl sites for hydroxylation is 1. The second-order valence-corrected chi connectivity index (χ2v) is 6.43. The van der Waals surface area contributed by atoms with Gasteiger partial charge in [-0.15, -0.1) is 0 Å². The average molecular weight is 385 g/mol. The molecule has 0 aliphatic rings. The molecule has 1 N–H and O–H groups in total. The lowest BCUT2D eigenvalue weighted by Gasteiger charge is -2.14. The molecule has 0 aliphatic heterocycles. The molecule has 6 nitrogen and oxygen atoms in total. The Hall–Kier alpha value is -3.02. The number of amides is 1. The van der Waals surface area contributed by atoms with Crippen LogP contribution in [-0.4, -0.2) is 38.2 Å². The van der Waals surface area contributed by atoms with Crippen molar-refractivity contribution in [2.45, 2.75) is 32.8 Å². The molecule has 0 aliphatic carbocycles. The number of hydrogen-bond acceptors (Lipinski definition) is 5. The maximum Gasteiger partial charge on any atom is 0.310 e. The first-order valence-corrected chi connectivity index (χ1v) is 9.27. The molecule has 1 atom stereocenters. The number of benzene rings is 2. The highest BCUT2D eigenvalue weighted by Crippen LogP contribution is 2.12. The molecule has 2 rings (SSSR count). The first-order valence-electron chi connectivity index (χ1n) is 9.27. The van der Waals surface area contributed by atoms with Crippen LogP contribution < -0.4 is 14.8 Å². The molecule has 6 heteroatoms. The Balaban J connectivity index is 1.63. The van der Waals surface area contributed by atoms with Crippen LogP contribution in [0.1, 0.15) is 24.5 Å². The molecule has 0 saturated heterocycles. The maximum absolute atomic E-state index is 12.1. The zero-order valence-electron chi connectivity index (χ0n) is 16.6. The van der Waals surface area contributed by atoms with Crippen LogP contribution in [0.2, 0.25) is 0 Å². The lowest BCUT2D eigenvalue weighted by molar-refractivity contribution is -0.155. The maximum atomic E-state index is 12.1. The third-order valence-electron chi connectivity index (χ3n) is 4.15. The Morgan fingerprint density at radius 1 is 1.00 bits per heavy atom. The van der Waals surface area contributed by atoms with Crippen molar-refractivity contribution < 1.29 is 23.8 Å². The first-order chi connectivity index (χ1) is 13.5. The molecular weight excluding hydrogens is 358 g/mol. The number of rotatable bonds is 10. The summed E-state index contributed by atoms with van der Waals surface area (Å²) in [7, 11) is 1.62. The summed E-state index contributed by atoms with van der Waals surface area (Å²) < 4.78 is 15.8. The fraction of sp³-hybridized carbons (Fsp3) is 0.364. The third kappa shape index (κ3) is 7.31. The SMILES string of the molecule is COc1ccc(CCNC(=O)C(C)OC(=O)CCOc2ccc(C)cc2)cc1. The molecule has 150 valence electrons. The van der Waals surface area contributed by atoms with Crippen LogP contribution in [-0.2, 0) is 20.7 Å². The molecule has 0 spiro atoms. The number of ether oxygens (including phenoxy) is 3. The molecule has 28 heavy (non-hydrogen) atoms. The van der Waals surface area contributed by atoms with Gasteiger partial charge in [-0.05, 0) is 50.1 Å². The number of hydrogen-bond donors (Lipinski definition) is 1. The minimum absolute atomic E-state index is 0.0807. The van der Waals surface area contributed by atoms with Crippen LogP contribution in [0.4, 0.5) is 0 Å². The van der Waals surface area contributed by atoms with Gasteiger partial charge in [0.1, 0.15) is 11.5 Å². The highest BCUT2D eigenvalue weighted by atomic mass is 16.5. The van der Waals surface area contributed by atoms with E-state index in [2.05, 4.69) is 5.32 Å². The number of esters is 1. The van der Waals surface area contributed by atoms with Crippen molar-refractivity contribution in [3.05, 3.63) is 59.7 Å². The lowest BCUT2D eigenvalue weighted by atomic mass is 10.1. The monoisotopic (exact) mass is 385 g/mol. The summed E-state index contributed by atoms with van der Waals surface area (Å²) in [5, 5.41) is 2.77. The van der Waals surface area contributed by atoms with Crippen molar-refractivity contribution in [3.63, 3.8) is 0 Å². The molecule has 0 saturated carbocycles. The van der Waals surface area contributed by atoms with Crippen LogP contribution in [0.25, 0.3) is 0 Å². The first kappa shape index (κ1) is 21.3. The normalized spacial score (nSPS) is 11.4.